The summed E-state index contributed by atoms with van der Waals surface area (Å²) in [6.07, 6.45) is 5.66. The third kappa shape index (κ3) is 1.58. The van der Waals surface area contributed by atoms with Crippen LogP contribution < -0.4 is 5.73 Å². The lowest BCUT2D eigenvalue weighted by Gasteiger charge is -2.51. The lowest BCUT2D eigenvalue weighted by molar-refractivity contribution is -0.142. The first-order chi connectivity index (χ1) is 8.10. The van der Waals surface area contributed by atoms with Gasteiger partial charge in [0.15, 0.2) is 0 Å². The third-order valence-corrected chi connectivity index (χ3v) is 5.27. The lowest BCUT2D eigenvalue weighted by Crippen LogP contribution is -2.63. The molecule has 4 unspecified atom stereocenters. The van der Waals surface area contributed by atoms with Crippen LogP contribution in [-0.2, 0) is 4.74 Å². The van der Waals surface area contributed by atoms with Crippen molar-refractivity contribution in [2.75, 3.05) is 26.7 Å². The van der Waals surface area contributed by atoms with E-state index >= 15 is 0 Å². The second kappa shape index (κ2) is 3.92. The topological polar surface area (TPSA) is 58.7 Å². The Morgan fingerprint density at radius 2 is 2.29 bits per heavy atom. The molecular weight excluding hydrogens is 216 g/mol. The largest absolute Gasteiger partial charge is 0.388 e. The normalized spacial score (nSPS) is 51.0. The first-order valence-corrected chi connectivity index (χ1v) is 6.86. The van der Waals surface area contributed by atoms with Crippen LogP contribution >= 0.6 is 0 Å². The van der Waals surface area contributed by atoms with Crippen molar-refractivity contribution in [1.29, 1.82) is 0 Å². The van der Waals surface area contributed by atoms with E-state index in [1.807, 2.05) is 0 Å². The summed E-state index contributed by atoms with van der Waals surface area (Å²) in [5.41, 5.74) is 5.22. The van der Waals surface area contributed by atoms with E-state index in [0.717, 1.165) is 45.2 Å². The number of ether oxygens (including phenoxy) is 1. The summed E-state index contributed by atoms with van der Waals surface area (Å²) in [6.45, 7) is 2.38. The maximum Gasteiger partial charge on any atom is 0.0868 e. The van der Waals surface area contributed by atoms with Crippen molar-refractivity contribution < 1.29 is 9.84 Å². The monoisotopic (exact) mass is 240 g/mol. The molecular formula is C13H24N2O2. The highest BCUT2D eigenvalue weighted by Gasteiger charge is 2.62. The Labute approximate surface area is 103 Å². The Morgan fingerprint density at radius 3 is 2.82 bits per heavy atom. The molecule has 0 spiro atoms. The van der Waals surface area contributed by atoms with Gasteiger partial charge in [-0.05, 0) is 45.7 Å². The van der Waals surface area contributed by atoms with E-state index in [2.05, 4.69) is 11.9 Å². The van der Waals surface area contributed by atoms with E-state index in [-0.39, 0.29) is 11.5 Å². The van der Waals surface area contributed by atoms with Gasteiger partial charge in [0.1, 0.15) is 0 Å². The van der Waals surface area contributed by atoms with Crippen LogP contribution in [0.1, 0.15) is 32.1 Å². The SMILES string of the molecule is CN1CCCC(O)(C2(CN)CC3CCC2O3)C1. The summed E-state index contributed by atoms with van der Waals surface area (Å²) >= 11 is 0. The molecule has 3 fully saturated rings. The van der Waals surface area contributed by atoms with Gasteiger partial charge in [-0.25, -0.2) is 0 Å². The molecule has 98 valence electrons. The summed E-state index contributed by atoms with van der Waals surface area (Å²) in [4.78, 5) is 2.23. The number of nitrogens with two attached hydrogens (primary N) is 1. The predicted molar refractivity (Wildman–Crippen MR) is 65.7 cm³/mol. The summed E-state index contributed by atoms with van der Waals surface area (Å²) in [6, 6.07) is 0. The predicted octanol–water partition coefficient (Wildman–Crippen LogP) is 0.340. The van der Waals surface area contributed by atoms with Gasteiger partial charge in [0.25, 0.3) is 0 Å². The van der Waals surface area contributed by atoms with Gasteiger partial charge in [0.05, 0.1) is 17.8 Å². The van der Waals surface area contributed by atoms with E-state index in [4.69, 9.17) is 10.5 Å². The van der Waals surface area contributed by atoms with E-state index in [1.165, 1.54) is 0 Å². The van der Waals surface area contributed by atoms with Gasteiger partial charge in [-0.1, -0.05) is 0 Å². The summed E-state index contributed by atoms with van der Waals surface area (Å²) in [5, 5.41) is 11.1. The molecule has 0 aromatic heterocycles. The van der Waals surface area contributed by atoms with Gasteiger partial charge in [-0.15, -0.1) is 0 Å². The van der Waals surface area contributed by atoms with Crippen LogP contribution in [-0.4, -0.2) is 54.5 Å². The van der Waals surface area contributed by atoms with Gasteiger partial charge in [0.2, 0.25) is 0 Å². The van der Waals surface area contributed by atoms with Crippen molar-refractivity contribution in [2.45, 2.75) is 49.9 Å². The Bertz CT molecular complexity index is 312. The van der Waals surface area contributed by atoms with Crippen LogP contribution in [0.15, 0.2) is 0 Å². The molecule has 4 heteroatoms. The van der Waals surface area contributed by atoms with E-state index in [9.17, 15) is 5.11 Å². The molecule has 2 bridgehead atoms. The number of piperidine rings is 1. The number of likely N-dealkylation sites (N-methyl/N-ethyl adjacent to an activating group) is 1. The minimum Gasteiger partial charge on any atom is -0.388 e. The van der Waals surface area contributed by atoms with Crippen LogP contribution in [0.2, 0.25) is 0 Å². The van der Waals surface area contributed by atoms with Crippen molar-refractivity contribution in [1.82, 2.24) is 4.90 Å². The van der Waals surface area contributed by atoms with Crippen LogP contribution in [0.4, 0.5) is 0 Å². The maximum absolute atomic E-state index is 11.1. The molecule has 3 aliphatic rings. The fourth-order valence-corrected chi connectivity index (χ4v) is 4.35. The highest BCUT2D eigenvalue weighted by atomic mass is 16.5. The van der Waals surface area contributed by atoms with Crippen LogP contribution in [0.5, 0.6) is 0 Å². The van der Waals surface area contributed by atoms with Crippen LogP contribution in [0.3, 0.4) is 0 Å². The number of likely N-dealkylation sites (tertiary alicyclic amines) is 1. The number of rotatable bonds is 2. The molecule has 3 aliphatic heterocycles. The highest BCUT2D eigenvalue weighted by Crippen LogP contribution is 2.55. The highest BCUT2D eigenvalue weighted by molar-refractivity contribution is 5.13. The molecule has 3 heterocycles. The molecule has 4 nitrogen and oxygen atoms in total. The number of hydrogen-bond acceptors (Lipinski definition) is 4. The van der Waals surface area contributed by atoms with Crippen LogP contribution in [0, 0.1) is 5.41 Å². The zero-order valence-corrected chi connectivity index (χ0v) is 10.7. The zero-order valence-electron chi connectivity index (χ0n) is 10.7. The molecule has 0 aromatic carbocycles. The number of aliphatic hydroxyl groups is 1. The smallest absolute Gasteiger partial charge is 0.0868 e. The van der Waals surface area contributed by atoms with Crippen molar-refractivity contribution in [2.24, 2.45) is 11.1 Å². The molecule has 0 aromatic rings. The molecule has 17 heavy (non-hydrogen) atoms. The zero-order chi connectivity index (χ0) is 12.1. The Kier molecular flexibility index (Phi) is 2.74. The van der Waals surface area contributed by atoms with E-state index in [0.29, 0.717) is 12.6 Å². The standard InChI is InChI=1S/C13H24N2O2/c1-15-6-2-5-13(16,9-15)12(8-14)7-10-3-4-11(12)17-10/h10-11,16H,2-9,14H2,1H3. The molecule has 0 aliphatic carbocycles. The Hall–Kier alpha value is -0.160. The molecule has 0 saturated carbocycles. The lowest BCUT2D eigenvalue weighted by atomic mass is 9.60. The van der Waals surface area contributed by atoms with E-state index < -0.39 is 5.60 Å². The number of β-amino-alcohol motifs (C(OH)–C–C–N with tert-alkyl or cyclic N) is 1. The average molecular weight is 240 g/mol. The molecule has 3 saturated heterocycles. The van der Waals surface area contributed by atoms with Crippen molar-refractivity contribution in [3.63, 3.8) is 0 Å². The van der Waals surface area contributed by atoms with Gasteiger partial charge in [-0.2, -0.15) is 0 Å². The van der Waals surface area contributed by atoms with Gasteiger partial charge < -0.3 is 20.5 Å². The number of fused-ring (bicyclic) bond motifs is 2. The average Bonchev–Trinajstić information content (AvgIpc) is 2.88. The number of nitrogens with zero attached hydrogens (tertiary/aromatic N) is 1. The second-order valence-electron chi connectivity index (χ2n) is 6.26. The Balaban J connectivity index is 1.89. The summed E-state index contributed by atoms with van der Waals surface area (Å²) in [5.74, 6) is 0. The minimum absolute atomic E-state index is 0.189. The minimum atomic E-state index is -0.644. The van der Waals surface area contributed by atoms with Gasteiger partial charge in [0, 0.05) is 18.5 Å². The second-order valence-corrected chi connectivity index (χ2v) is 6.26. The molecule has 0 radical (unpaired) electrons. The fourth-order valence-electron chi connectivity index (χ4n) is 4.35. The van der Waals surface area contributed by atoms with Crippen molar-refractivity contribution >= 4 is 0 Å². The quantitative estimate of drug-likeness (QED) is 0.731. The van der Waals surface area contributed by atoms with Crippen molar-refractivity contribution in [3.05, 3.63) is 0 Å². The maximum atomic E-state index is 11.1. The number of hydrogen-bond donors (Lipinski definition) is 2. The first-order valence-electron chi connectivity index (χ1n) is 6.86. The van der Waals surface area contributed by atoms with E-state index in [1.54, 1.807) is 0 Å². The van der Waals surface area contributed by atoms with Gasteiger partial charge >= 0.3 is 0 Å². The van der Waals surface area contributed by atoms with Gasteiger partial charge in [-0.3, -0.25) is 0 Å². The fraction of sp³-hybridized carbons (Fsp3) is 1.00. The molecule has 0 amide bonds. The Morgan fingerprint density at radius 1 is 1.47 bits per heavy atom. The van der Waals surface area contributed by atoms with Crippen molar-refractivity contribution in [3.8, 4) is 0 Å². The summed E-state index contributed by atoms with van der Waals surface area (Å²) < 4.78 is 5.97. The third-order valence-electron chi connectivity index (χ3n) is 5.27. The first kappa shape index (κ1) is 11.9. The summed E-state index contributed by atoms with van der Waals surface area (Å²) in [7, 11) is 2.09. The molecule has 3 N–H and O–H groups in total. The van der Waals surface area contributed by atoms with Crippen LogP contribution in [0.25, 0.3) is 0 Å². The molecule has 4 atom stereocenters. The molecule has 3 rings (SSSR count).